The quantitative estimate of drug-likeness (QED) is 0.622. The van der Waals surface area contributed by atoms with Gasteiger partial charge in [-0.2, -0.15) is 0 Å². The van der Waals surface area contributed by atoms with Crippen LogP contribution < -0.4 is 10.6 Å². The van der Waals surface area contributed by atoms with E-state index >= 15 is 0 Å². The molecule has 7 nitrogen and oxygen atoms in total. The van der Waals surface area contributed by atoms with E-state index in [1.807, 2.05) is 20.8 Å². The number of aliphatic imine (C=N–C) groups is 1. The van der Waals surface area contributed by atoms with Crippen LogP contribution in [0.4, 0.5) is 4.79 Å². The van der Waals surface area contributed by atoms with Crippen molar-refractivity contribution >= 4 is 23.4 Å². The summed E-state index contributed by atoms with van der Waals surface area (Å²) in [6.45, 7) is 13.9. The van der Waals surface area contributed by atoms with Crippen LogP contribution in [0.2, 0.25) is 0 Å². The Labute approximate surface area is 160 Å². The van der Waals surface area contributed by atoms with Crippen LogP contribution in [-0.4, -0.2) is 53.7 Å². The zero-order valence-electron chi connectivity index (χ0n) is 16.8. The van der Waals surface area contributed by atoms with Crippen LogP contribution >= 0.6 is 11.3 Å². The van der Waals surface area contributed by atoms with Crippen LogP contribution in [0.5, 0.6) is 0 Å². The second-order valence-corrected chi connectivity index (χ2v) is 9.40. The number of carbonyl (C=O) groups excluding carboxylic acids is 1. The van der Waals surface area contributed by atoms with E-state index in [4.69, 9.17) is 4.74 Å². The fourth-order valence-corrected chi connectivity index (χ4v) is 3.25. The van der Waals surface area contributed by atoms with Crippen LogP contribution in [0.15, 0.2) is 10.4 Å². The van der Waals surface area contributed by atoms with E-state index in [1.54, 1.807) is 23.3 Å². The van der Waals surface area contributed by atoms with E-state index in [2.05, 4.69) is 46.8 Å². The normalized spacial score (nSPS) is 16.3. The van der Waals surface area contributed by atoms with Crippen LogP contribution in [-0.2, 0) is 16.7 Å². The molecule has 8 heteroatoms. The molecule has 1 aromatic heterocycles. The molecule has 0 bridgehead atoms. The fraction of sp³-hybridized carbons (Fsp3) is 0.722. The van der Waals surface area contributed by atoms with Crippen molar-refractivity contribution in [2.24, 2.45) is 4.99 Å². The Balaban J connectivity index is 1.76. The molecular weight excluding hydrogens is 350 g/mol. The Hall–Kier alpha value is -1.83. The van der Waals surface area contributed by atoms with Crippen LogP contribution in [0, 0.1) is 0 Å². The first-order valence-corrected chi connectivity index (χ1v) is 9.76. The fourth-order valence-electron chi connectivity index (χ4n) is 2.34. The number of hydrogen-bond acceptors (Lipinski definition) is 5. The largest absolute Gasteiger partial charge is 0.444 e. The number of amides is 1. The molecule has 0 unspecified atom stereocenters. The van der Waals surface area contributed by atoms with Crippen molar-refractivity contribution < 1.29 is 9.53 Å². The monoisotopic (exact) mass is 381 g/mol. The van der Waals surface area contributed by atoms with Gasteiger partial charge in [0.2, 0.25) is 0 Å². The van der Waals surface area contributed by atoms with Crippen LogP contribution in [0.3, 0.4) is 0 Å². The van der Waals surface area contributed by atoms with Crippen molar-refractivity contribution in [2.45, 2.75) is 65.1 Å². The highest BCUT2D eigenvalue weighted by atomic mass is 32.1. The van der Waals surface area contributed by atoms with Gasteiger partial charge in [0.05, 0.1) is 23.3 Å². The first-order chi connectivity index (χ1) is 12.0. The number of likely N-dealkylation sites (tertiary alicyclic amines) is 1. The number of thiazole rings is 1. The summed E-state index contributed by atoms with van der Waals surface area (Å²) in [6, 6.07) is 0.175. The van der Waals surface area contributed by atoms with E-state index in [1.165, 1.54) is 0 Å². The van der Waals surface area contributed by atoms with Gasteiger partial charge in [0.15, 0.2) is 5.96 Å². The molecule has 0 aliphatic carbocycles. The van der Waals surface area contributed by atoms with Crippen molar-refractivity contribution in [3.05, 3.63) is 16.1 Å². The minimum absolute atomic E-state index is 0.0693. The SMILES string of the molecule is CN=C(NCc1csc(C(C)(C)C)n1)NC1CN(C(=O)OC(C)(C)C)C1. The summed E-state index contributed by atoms with van der Waals surface area (Å²) in [4.78, 5) is 22.6. The minimum atomic E-state index is -0.466. The molecule has 1 saturated heterocycles. The first kappa shape index (κ1) is 20.5. The highest BCUT2D eigenvalue weighted by molar-refractivity contribution is 7.09. The summed E-state index contributed by atoms with van der Waals surface area (Å²) in [6.07, 6.45) is -0.268. The maximum atomic E-state index is 12.0. The summed E-state index contributed by atoms with van der Waals surface area (Å²) in [5.74, 6) is 0.712. The smallest absolute Gasteiger partial charge is 0.410 e. The Morgan fingerprint density at radius 3 is 2.50 bits per heavy atom. The number of aromatic nitrogens is 1. The average molecular weight is 382 g/mol. The third-order valence-electron chi connectivity index (χ3n) is 3.73. The molecule has 2 N–H and O–H groups in total. The van der Waals surface area contributed by atoms with Crippen molar-refractivity contribution in [1.29, 1.82) is 0 Å². The number of ether oxygens (including phenoxy) is 1. The van der Waals surface area contributed by atoms with Gasteiger partial charge in [-0.25, -0.2) is 9.78 Å². The number of carbonyl (C=O) groups is 1. The molecule has 0 spiro atoms. The zero-order chi connectivity index (χ0) is 19.5. The number of nitrogens with zero attached hydrogens (tertiary/aromatic N) is 3. The van der Waals surface area contributed by atoms with Crippen molar-refractivity contribution in [3.8, 4) is 0 Å². The molecular formula is C18H31N5O2S. The molecule has 1 aromatic rings. The maximum Gasteiger partial charge on any atom is 0.410 e. The Morgan fingerprint density at radius 1 is 1.35 bits per heavy atom. The highest BCUT2D eigenvalue weighted by Gasteiger charge is 2.34. The van der Waals surface area contributed by atoms with Gasteiger partial charge in [0.25, 0.3) is 0 Å². The molecule has 0 atom stereocenters. The van der Waals surface area contributed by atoms with Gasteiger partial charge in [-0.05, 0) is 20.8 Å². The van der Waals surface area contributed by atoms with Crippen molar-refractivity contribution in [2.75, 3.05) is 20.1 Å². The lowest BCUT2D eigenvalue weighted by Gasteiger charge is -2.40. The predicted octanol–water partition coefficient (Wildman–Crippen LogP) is 2.72. The van der Waals surface area contributed by atoms with Gasteiger partial charge in [-0.3, -0.25) is 4.99 Å². The number of hydrogen-bond donors (Lipinski definition) is 2. The molecule has 2 heterocycles. The average Bonchev–Trinajstić information content (AvgIpc) is 2.92. The van der Waals surface area contributed by atoms with Gasteiger partial charge >= 0.3 is 6.09 Å². The van der Waals surface area contributed by atoms with Gasteiger partial charge in [-0.15, -0.1) is 11.3 Å². The number of rotatable bonds is 3. The molecule has 0 saturated carbocycles. The van der Waals surface area contributed by atoms with Crippen LogP contribution in [0.25, 0.3) is 0 Å². The topological polar surface area (TPSA) is 78.9 Å². The van der Waals surface area contributed by atoms with E-state index in [0.717, 1.165) is 10.7 Å². The summed E-state index contributed by atoms with van der Waals surface area (Å²) in [5, 5.41) is 9.81. The van der Waals surface area contributed by atoms with E-state index in [9.17, 15) is 4.79 Å². The van der Waals surface area contributed by atoms with Crippen molar-refractivity contribution in [1.82, 2.24) is 20.5 Å². The van der Waals surface area contributed by atoms with Crippen molar-refractivity contribution in [3.63, 3.8) is 0 Å². The maximum absolute atomic E-state index is 12.0. The first-order valence-electron chi connectivity index (χ1n) is 8.88. The van der Waals surface area contributed by atoms with E-state index < -0.39 is 5.60 Å². The van der Waals surface area contributed by atoms with Gasteiger partial charge in [0, 0.05) is 30.9 Å². The molecule has 26 heavy (non-hydrogen) atoms. The molecule has 1 aliphatic rings. The third-order valence-corrected chi connectivity index (χ3v) is 5.04. The van der Waals surface area contributed by atoms with Gasteiger partial charge in [0.1, 0.15) is 5.60 Å². The zero-order valence-corrected chi connectivity index (χ0v) is 17.7. The number of guanidine groups is 1. The molecule has 146 valence electrons. The molecule has 1 amide bonds. The summed E-state index contributed by atoms with van der Waals surface area (Å²) in [7, 11) is 1.74. The Kier molecular flexibility index (Phi) is 6.16. The van der Waals surface area contributed by atoms with Gasteiger partial charge in [-0.1, -0.05) is 20.8 Å². The Bertz CT molecular complexity index is 651. The lowest BCUT2D eigenvalue weighted by molar-refractivity contribution is 0.00701. The number of nitrogens with one attached hydrogen (secondary N) is 2. The second kappa shape index (κ2) is 7.82. The predicted molar refractivity (Wildman–Crippen MR) is 106 cm³/mol. The van der Waals surface area contributed by atoms with Crippen LogP contribution in [0.1, 0.15) is 52.2 Å². The third kappa shape index (κ3) is 5.86. The highest BCUT2D eigenvalue weighted by Crippen LogP contribution is 2.25. The second-order valence-electron chi connectivity index (χ2n) is 8.55. The standard InChI is InChI=1S/C18H31N5O2S/c1-17(2,3)14-21-12(11-26-14)8-20-15(19-7)22-13-9-23(10-13)16(24)25-18(4,5)6/h11,13H,8-10H2,1-7H3,(H2,19,20,22). The molecule has 0 aromatic carbocycles. The molecule has 1 aliphatic heterocycles. The van der Waals surface area contributed by atoms with Gasteiger partial charge < -0.3 is 20.3 Å². The Morgan fingerprint density at radius 2 is 2.00 bits per heavy atom. The molecule has 1 fully saturated rings. The summed E-state index contributed by atoms with van der Waals surface area (Å²) >= 11 is 1.68. The summed E-state index contributed by atoms with van der Waals surface area (Å²) in [5.41, 5.74) is 0.610. The lowest BCUT2D eigenvalue weighted by atomic mass is 9.98. The molecule has 2 rings (SSSR count). The van der Waals surface area contributed by atoms with E-state index in [0.29, 0.717) is 25.6 Å². The van der Waals surface area contributed by atoms with E-state index in [-0.39, 0.29) is 17.6 Å². The molecule has 0 radical (unpaired) electrons. The minimum Gasteiger partial charge on any atom is -0.444 e. The summed E-state index contributed by atoms with van der Waals surface area (Å²) < 4.78 is 5.36. The lowest BCUT2D eigenvalue weighted by Crippen LogP contribution is -2.63.